The highest BCUT2D eigenvalue weighted by molar-refractivity contribution is 7.80. The van der Waals surface area contributed by atoms with Crippen LogP contribution in [0.4, 0.5) is 18.9 Å². The maximum atomic E-state index is 12.6. The van der Waals surface area contributed by atoms with Crippen LogP contribution in [0.5, 0.6) is 0 Å². The van der Waals surface area contributed by atoms with E-state index in [2.05, 4.69) is 15.6 Å². The summed E-state index contributed by atoms with van der Waals surface area (Å²) in [5, 5.41) is 6.31. The minimum atomic E-state index is -4.35. The number of hydrogen-bond acceptors (Lipinski definition) is 3. The molecule has 0 aliphatic heterocycles. The quantitative estimate of drug-likeness (QED) is 0.788. The number of rotatable bonds is 5. The van der Waals surface area contributed by atoms with E-state index in [9.17, 15) is 13.2 Å². The fraction of sp³-hybridized carbons (Fsp3) is 0.294. The zero-order valence-corrected chi connectivity index (χ0v) is 14.7. The molecule has 2 rings (SSSR count). The van der Waals surface area contributed by atoms with Crippen molar-refractivity contribution in [1.82, 2.24) is 15.2 Å². The van der Waals surface area contributed by atoms with Crippen LogP contribution in [-0.4, -0.2) is 35.6 Å². The lowest BCUT2D eigenvalue weighted by Gasteiger charge is -2.25. The molecule has 0 aliphatic carbocycles. The Kier molecular flexibility index (Phi) is 6.33. The molecule has 0 radical (unpaired) electrons. The Morgan fingerprint density at radius 1 is 1.20 bits per heavy atom. The first-order chi connectivity index (χ1) is 11.8. The second kappa shape index (κ2) is 8.26. The summed E-state index contributed by atoms with van der Waals surface area (Å²) in [4.78, 5) is 6.15. The number of likely N-dealkylation sites (N-methyl/N-ethyl adjacent to an activating group) is 1. The van der Waals surface area contributed by atoms with Gasteiger partial charge in [-0.2, -0.15) is 13.2 Å². The van der Waals surface area contributed by atoms with E-state index in [0.717, 1.165) is 17.7 Å². The van der Waals surface area contributed by atoms with Gasteiger partial charge < -0.3 is 15.5 Å². The molecule has 134 valence electrons. The summed E-state index contributed by atoms with van der Waals surface area (Å²) >= 11 is 5.22. The van der Waals surface area contributed by atoms with Crippen LogP contribution in [0.3, 0.4) is 0 Å². The number of halogens is 3. The first-order valence-corrected chi connectivity index (χ1v) is 7.96. The van der Waals surface area contributed by atoms with Crippen molar-refractivity contribution in [3.8, 4) is 0 Å². The minimum Gasteiger partial charge on any atom is -0.361 e. The van der Waals surface area contributed by atoms with E-state index in [1.807, 2.05) is 31.1 Å². The molecule has 4 nitrogen and oxygen atoms in total. The molecule has 0 aliphatic rings. The third kappa shape index (κ3) is 5.68. The van der Waals surface area contributed by atoms with E-state index in [4.69, 9.17) is 12.2 Å². The molecule has 0 spiro atoms. The summed E-state index contributed by atoms with van der Waals surface area (Å²) in [5.74, 6) is 0. The van der Waals surface area contributed by atoms with Crippen LogP contribution >= 0.6 is 12.2 Å². The van der Waals surface area contributed by atoms with Crippen molar-refractivity contribution in [2.45, 2.75) is 12.2 Å². The third-order valence-electron chi connectivity index (χ3n) is 3.62. The Morgan fingerprint density at radius 3 is 2.40 bits per heavy atom. The number of nitrogens with one attached hydrogen (secondary N) is 2. The van der Waals surface area contributed by atoms with Gasteiger partial charge >= 0.3 is 6.18 Å². The number of thiocarbonyl (C=S) groups is 1. The van der Waals surface area contributed by atoms with Crippen molar-refractivity contribution in [2.24, 2.45) is 0 Å². The van der Waals surface area contributed by atoms with Gasteiger partial charge in [0, 0.05) is 24.6 Å². The molecule has 0 unspecified atom stereocenters. The SMILES string of the molecule is CN(C)[C@H](CNC(=S)Nc1ccc(C(F)(F)F)cc1)c1cccnc1. The van der Waals surface area contributed by atoms with E-state index < -0.39 is 11.7 Å². The molecule has 25 heavy (non-hydrogen) atoms. The lowest BCUT2D eigenvalue weighted by molar-refractivity contribution is -0.137. The van der Waals surface area contributed by atoms with Gasteiger partial charge in [0.05, 0.1) is 11.6 Å². The van der Waals surface area contributed by atoms with Gasteiger partial charge in [0.15, 0.2) is 5.11 Å². The fourth-order valence-corrected chi connectivity index (χ4v) is 2.48. The zero-order chi connectivity index (χ0) is 18.4. The van der Waals surface area contributed by atoms with Crippen molar-refractivity contribution in [2.75, 3.05) is 26.0 Å². The summed E-state index contributed by atoms with van der Waals surface area (Å²) in [6.45, 7) is 0.533. The number of nitrogens with zero attached hydrogens (tertiary/aromatic N) is 2. The van der Waals surface area contributed by atoms with Crippen molar-refractivity contribution >= 4 is 23.0 Å². The van der Waals surface area contributed by atoms with Crippen LogP contribution in [0.2, 0.25) is 0 Å². The van der Waals surface area contributed by atoms with Crippen LogP contribution in [0.25, 0.3) is 0 Å². The third-order valence-corrected chi connectivity index (χ3v) is 3.86. The monoisotopic (exact) mass is 368 g/mol. The molecule has 0 fully saturated rings. The fourth-order valence-electron chi connectivity index (χ4n) is 2.28. The van der Waals surface area contributed by atoms with E-state index in [1.54, 1.807) is 12.4 Å². The highest BCUT2D eigenvalue weighted by Gasteiger charge is 2.29. The van der Waals surface area contributed by atoms with Gasteiger partial charge in [-0.25, -0.2) is 0 Å². The van der Waals surface area contributed by atoms with Gasteiger partial charge in [0.2, 0.25) is 0 Å². The molecule has 2 N–H and O–H groups in total. The molecular weight excluding hydrogens is 349 g/mol. The predicted octanol–water partition coefficient (Wildman–Crippen LogP) is 3.69. The Labute approximate surface area is 150 Å². The van der Waals surface area contributed by atoms with E-state index >= 15 is 0 Å². The normalized spacial score (nSPS) is 12.7. The average Bonchev–Trinajstić information content (AvgIpc) is 2.55. The number of pyridine rings is 1. The zero-order valence-electron chi connectivity index (χ0n) is 13.8. The molecule has 1 aromatic carbocycles. The number of alkyl halides is 3. The van der Waals surface area contributed by atoms with Crippen LogP contribution in [-0.2, 0) is 6.18 Å². The molecule has 0 bridgehead atoms. The largest absolute Gasteiger partial charge is 0.416 e. The number of aromatic nitrogens is 1. The highest BCUT2D eigenvalue weighted by Crippen LogP contribution is 2.29. The summed E-state index contributed by atoms with van der Waals surface area (Å²) in [5.41, 5.74) is 0.840. The van der Waals surface area contributed by atoms with Gasteiger partial charge in [0.25, 0.3) is 0 Å². The first kappa shape index (κ1) is 19.1. The van der Waals surface area contributed by atoms with Gasteiger partial charge in [-0.1, -0.05) is 6.07 Å². The van der Waals surface area contributed by atoms with Gasteiger partial charge in [-0.3, -0.25) is 4.98 Å². The highest BCUT2D eigenvalue weighted by atomic mass is 32.1. The molecule has 0 saturated carbocycles. The molecule has 0 saturated heterocycles. The Hall–Kier alpha value is -2.19. The van der Waals surface area contributed by atoms with E-state index in [1.165, 1.54) is 12.1 Å². The predicted molar refractivity (Wildman–Crippen MR) is 96.3 cm³/mol. The summed E-state index contributed by atoms with van der Waals surface area (Å²) < 4.78 is 37.7. The Morgan fingerprint density at radius 2 is 1.88 bits per heavy atom. The van der Waals surface area contributed by atoms with E-state index in [0.29, 0.717) is 17.3 Å². The standard InChI is InChI=1S/C17H19F3N4S/c1-24(2)15(12-4-3-9-21-10-12)11-22-16(25)23-14-7-5-13(6-8-14)17(18,19)20/h3-10,15H,11H2,1-2H3,(H2,22,23,25)/t15-/m1/s1. The lowest BCUT2D eigenvalue weighted by Crippen LogP contribution is -2.36. The van der Waals surface area contributed by atoms with Crippen molar-refractivity contribution in [1.29, 1.82) is 0 Å². The van der Waals surface area contributed by atoms with Crippen LogP contribution < -0.4 is 10.6 Å². The molecule has 8 heteroatoms. The smallest absolute Gasteiger partial charge is 0.361 e. The molecule has 0 amide bonds. The molecular formula is C17H19F3N4S. The summed E-state index contributed by atoms with van der Waals surface area (Å²) in [6, 6.07) is 8.63. The minimum absolute atomic E-state index is 0.0565. The number of anilines is 1. The second-order valence-corrected chi connectivity index (χ2v) is 6.08. The maximum absolute atomic E-state index is 12.6. The molecule has 2 aromatic rings. The Balaban J connectivity index is 1.93. The molecule has 1 aromatic heterocycles. The second-order valence-electron chi connectivity index (χ2n) is 5.68. The topological polar surface area (TPSA) is 40.2 Å². The van der Waals surface area contributed by atoms with Crippen molar-refractivity contribution < 1.29 is 13.2 Å². The maximum Gasteiger partial charge on any atom is 0.416 e. The van der Waals surface area contributed by atoms with Gasteiger partial charge in [-0.15, -0.1) is 0 Å². The first-order valence-electron chi connectivity index (χ1n) is 7.56. The Bertz CT molecular complexity index is 687. The van der Waals surface area contributed by atoms with Crippen molar-refractivity contribution in [3.05, 3.63) is 59.9 Å². The van der Waals surface area contributed by atoms with E-state index in [-0.39, 0.29) is 6.04 Å². The summed E-state index contributed by atoms with van der Waals surface area (Å²) in [6.07, 6.45) is -0.848. The average molecular weight is 368 g/mol. The number of benzene rings is 1. The van der Waals surface area contributed by atoms with Gasteiger partial charge in [-0.05, 0) is 62.2 Å². The summed E-state index contributed by atoms with van der Waals surface area (Å²) in [7, 11) is 3.90. The molecule has 1 atom stereocenters. The number of hydrogen-bond donors (Lipinski definition) is 2. The van der Waals surface area contributed by atoms with Crippen molar-refractivity contribution in [3.63, 3.8) is 0 Å². The van der Waals surface area contributed by atoms with Crippen LogP contribution in [0, 0.1) is 0 Å². The van der Waals surface area contributed by atoms with Gasteiger partial charge in [0.1, 0.15) is 0 Å². The lowest BCUT2D eigenvalue weighted by atomic mass is 10.1. The molecule has 1 heterocycles. The van der Waals surface area contributed by atoms with Crippen LogP contribution in [0.15, 0.2) is 48.8 Å². The van der Waals surface area contributed by atoms with Crippen LogP contribution in [0.1, 0.15) is 17.2 Å².